The molecule has 0 amide bonds. The van der Waals surface area contributed by atoms with E-state index in [9.17, 15) is 17.6 Å². The Morgan fingerprint density at radius 1 is 0.611 bits per heavy atom. The summed E-state index contributed by atoms with van der Waals surface area (Å²) in [7, 11) is 0. The molecule has 0 aliphatic heterocycles. The highest BCUT2D eigenvalue weighted by molar-refractivity contribution is 5.55. The molecule has 0 spiro atoms. The van der Waals surface area contributed by atoms with Gasteiger partial charge in [-0.05, 0) is 60.3 Å². The molecule has 0 aromatic carbocycles. The standard InChI is InChI=1S/C32H42F4/c1-19(2)13-14-21(5)22(6)15-16-23(7)27(11)31(35)32(36)28(12)25(9)18-17-24(8)26(10)30(34)29(33)20(3)4/h16-19,21-22H,3,8-15H2,1-2,4-7H3/b18-17-,23-16+,30-29-,32-31-. The van der Waals surface area contributed by atoms with Crippen LogP contribution in [0.25, 0.3) is 0 Å². The van der Waals surface area contributed by atoms with Gasteiger partial charge >= 0.3 is 0 Å². The maximum Gasteiger partial charge on any atom is 0.166 e. The van der Waals surface area contributed by atoms with E-state index in [2.05, 4.69) is 67.2 Å². The van der Waals surface area contributed by atoms with Crippen LogP contribution in [0.3, 0.4) is 0 Å². The van der Waals surface area contributed by atoms with Crippen LogP contribution in [0.15, 0.2) is 120 Å². The van der Waals surface area contributed by atoms with Crippen LogP contribution in [0, 0.1) is 17.8 Å². The summed E-state index contributed by atoms with van der Waals surface area (Å²) in [5.41, 5.74) is -0.138. The molecule has 36 heavy (non-hydrogen) atoms. The Kier molecular flexibility index (Phi) is 14.1. The molecule has 0 aliphatic carbocycles. The number of hydrogen-bond donors (Lipinski definition) is 0. The topological polar surface area (TPSA) is 0 Å². The van der Waals surface area contributed by atoms with Crippen molar-refractivity contribution in [1.29, 1.82) is 0 Å². The summed E-state index contributed by atoms with van der Waals surface area (Å²) in [5.74, 6) is -3.07. The SMILES string of the molecule is C=C(/C=C\C(=C)C(=C)/C(F)=C(/F)C(=C)/C(C)=C/CC(C)C(C)CCC(C)C)C(=C)/C(F)=C(/F)C(=C)C. The molecule has 0 radical (unpaired) electrons. The summed E-state index contributed by atoms with van der Waals surface area (Å²) < 4.78 is 57.5. The lowest BCUT2D eigenvalue weighted by Crippen LogP contribution is -2.08. The van der Waals surface area contributed by atoms with Crippen molar-refractivity contribution in [2.24, 2.45) is 17.8 Å². The minimum atomic E-state index is -1.19. The van der Waals surface area contributed by atoms with Crippen molar-refractivity contribution < 1.29 is 17.6 Å². The molecular formula is C32H42F4. The van der Waals surface area contributed by atoms with Crippen LogP contribution >= 0.6 is 0 Å². The zero-order chi connectivity index (χ0) is 28.3. The predicted octanol–water partition coefficient (Wildman–Crippen LogP) is 11.2. The van der Waals surface area contributed by atoms with Gasteiger partial charge < -0.3 is 0 Å². The molecule has 198 valence electrons. The average Bonchev–Trinajstić information content (AvgIpc) is 2.84. The first-order chi connectivity index (χ1) is 16.5. The lowest BCUT2D eigenvalue weighted by molar-refractivity contribution is 0.339. The highest BCUT2D eigenvalue weighted by atomic mass is 19.2. The molecule has 2 unspecified atom stereocenters. The maximum atomic E-state index is 14.8. The van der Waals surface area contributed by atoms with E-state index in [0.717, 1.165) is 19.3 Å². The predicted molar refractivity (Wildman–Crippen MR) is 149 cm³/mol. The van der Waals surface area contributed by atoms with Crippen molar-refractivity contribution in [3.63, 3.8) is 0 Å². The molecule has 0 saturated heterocycles. The van der Waals surface area contributed by atoms with E-state index in [-0.39, 0.29) is 33.4 Å². The minimum Gasteiger partial charge on any atom is -0.203 e. The van der Waals surface area contributed by atoms with E-state index >= 15 is 0 Å². The van der Waals surface area contributed by atoms with Crippen LogP contribution in [-0.4, -0.2) is 0 Å². The molecule has 0 fully saturated rings. The summed E-state index contributed by atoms with van der Waals surface area (Å²) in [4.78, 5) is 0. The second-order valence-electron chi connectivity index (χ2n) is 9.90. The molecular weight excluding hydrogens is 460 g/mol. The third kappa shape index (κ3) is 10.4. The summed E-state index contributed by atoms with van der Waals surface area (Å²) in [5, 5.41) is 0. The molecule has 0 aromatic rings. The van der Waals surface area contributed by atoms with E-state index in [1.54, 1.807) is 6.92 Å². The summed E-state index contributed by atoms with van der Waals surface area (Å²) >= 11 is 0. The third-order valence-corrected chi connectivity index (χ3v) is 6.26. The quantitative estimate of drug-likeness (QED) is 0.154. The van der Waals surface area contributed by atoms with E-state index in [0.29, 0.717) is 23.3 Å². The zero-order valence-electron chi connectivity index (χ0n) is 22.8. The summed E-state index contributed by atoms with van der Waals surface area (Å²) in [6, 6.07) is 0. The Hall–Kier alpha value is -2.88. The molecule has 0 rings (SSSR count). The van der Waals surface area contributed by atoms with Gasteiger partial charge in [-0.25, -0.2) is 17.6 Å². The van der Waals surface area contributed by atoms with Crippen molar-refractivity contribution in [2.75, 3.05) is 0 Å². The zero-order valence-corrected chi connectivity index (χ0v) is 22.8. The largest absolute Gasteiger partial charge is 0.203 e. The first-order valence-corrected chi connectivity index (χ1v) is 12.1. The second-order valence-corrected chi connectivity index (χ2v) is 9.90. The van der Waals surface area contributed by atoms with Gasteiger partial charge in [0, 0.05) is 16.7 Å². The minimum absolute atomic E-state index is 0.0302. The van der Waals surface area contributed by atoms with Crippen molar-refractivity contribution in [1.82, 2.24) is 0 Å². The normalized spacial score (nSPS) is 15.2. The lowest BCUT2D eigenvalue weighted by Gasteiger charge is -2.20. The smallest absolute Gasteiger partial charge is 0.166 e. The molecule has 0 saturated carbocycles. The van der Waals surface area contributed by atoms with Gasteiger partial charge in [0.1, 0.15) is 0 Å². The summed E-state index contributed by atoms with van der Waals surface area (Å²) in [6.07, 6.45) is 7.44. The van der Waals surface area contributed by atoms with Crippen LogP contribution in [0.5, 0.6) is 0 Å². The molecule has 0 aliphatic rings. The van der Waals surface area contributed by atoms with Gasteiger partial charge in [-0.2, -0.15) is 0 Å². The van der Waals surface area contributed by atoms with Gasteiger partial charge in [0.25, 0.3) is 0 Å². The van der Waals surface area contributed by atoms with Crippen LogP contribution in [0.4, 0.5) is 17.6 Å². The average molecular weight is 503 g/mol. The second kappa shape index (κ2) is 15.3. The molecule has 0 aromatic heterocycles. The highest BCUT2D eigenvalue weighted by Gasteiger charge is 2.17. The first-order valence-electron chi connectivity index (χ1n) is 12.1. The molecule has 0 bridgehead atoms. The van der Waals surface area contributed by atoms with Crippen molar-refractivity contribution in [3.05, 3.63) is 120 Å². The van der Waals surface area contributed by atoms with Gasteiger partial charge in [0.05, 0.1) is 0 Å². The van der Waals surface area contributed by atoms with Crippen LogP contribution in [0.1, 0.15) is 60.8 Å². The highest BCUT2D eigenvalue weighted by Crippen LogP contribution is 2.31. The van der Waals surface area contributed by atoms with E-state index < -0.39 is 23.3 Å². The van der Waals surface area contributed by atoms with Crippen molar-refractivity contribution >= 4 is 0 Å². The summed E-state index contributed by atoms with van der Waals surface area (Å²) in [6.45, 7) is 33.1. The van der Waals surface area contributed by atoms with E-state index in [1.165, 1.54) is 19.1 Å². The molecule has 0 heterocycles. The van der Waals surface area contributed by atoms with Crippen LogP contribution in [-0.2, 0) is 0 Å². The first kappa shape index (κ1) is 33.1. The Balaban J connectivity index is 5.38. The monoisotopic (exact) mass is 502 g/mol. The Bertz CT molecular complexity index is 1020. The molecule has 2 atom stereocenters. The van der Waals surface area contributed by atoms with Crippen molar-refractivity contribution in [3.8, 4) is 0 Å². The van der Waals surface area contributed by atoms with Crippen molar-refractivity contribution in [2.45, 2.75) is 60.8 Å². The Morgan fingerprint density at radius 3 is 1.44 bits per heavy atom. The van der Waals surface area contributed by atoms with E-state index in [1.807, 2.05) is 6.08 Å². The van der Waals surface area contributed by atoms with Gasteiger partial charge in [0.15, 0.2) is 23.3 Å². The lowest BCUT2D eigenvalue weighted by atomic mass is 9.86. The fraction of sp³-hybridized carbons (Fsp3) is 0.375. The fourth-order valence-corrected chi connectivity index (χ4v) is 3.04. The van der Waals surface area contributed by atoms with Crippen LogP contribution in [0.2, 0.25) is 0 Å². The van der Waals surface area contributed by atoms with Gasteiger partial charge in [0.2, 0.25) is 0 Å². The number of hydrogen-bond acceptors (Lipinski definition) is 0. The number of halogens is 4. The van der Waals surface area contributed by atoms with Gasteiger partial charge in [-0.1, -0.05) is 98.2 Å². The number of rotatable bonds is 15. The third-order valence-electron chi connectivity index (χ3n) is 6.26. The maximum absolute atomic E-state index is 14.8. The number of allylic oxidation sites excluding steroid dienone is 14. The molecule has 0 N–H and O–H groups in total. The Labute approximate surface area is 216 Å². The van der Waals surface area contributed by atoms with Gasteiger partial charge in [-0.15, -0.1) is 0 Å². The fourth-order valence-electron chi connectivity index (χ4n) is 3.04. The van der Waals surface area contributed by atoms with E-state index in [4.69, 9.17) is 0 Å². The Morgan fingerprint density at radius 2 is 1.03 bits per heavy atom. The van der Waals surface area contributed by atoms with Gasteiger partial charge in [-0.3, -0.25) is 0 Å². The molecule has 0 nitrogen and oxygen atoms in total. The van der Waals surface area contributed by atoms with Crippen LogP contribution < -0.4 is 0 Å². The molecule has 4 heteroatoms.